The molecule has 0 spiro atoms. The first-order valence-corrected chi connectivity index (χ1v) is 7.70. The third-order valence-corrected chi connectivity index (χ3v) is 4.81. The van der Waals surface area contributed by atoms with Crippen LogP contribution in [0.25, 0.3) is 0 Å². The highest BCUT2D eigenvalue weighted by molar-refractivity contribution is 7.09. The van der Waals surface area contributed by atoms with Crippen LogP contribution in [0.4, 0.5) is 4.79 Å². The van der Waals surface area contributed by atoms with E-state index in [0.29, 0.717) is 12.8 Å². The number of amides is 3. The van der Waals surface area contributed by atoms with Crippen LogP contribution in [-0.2, 0) is 4.79 Å². The molecular weight excluding hydrogens is 276 g/mol. The van der Waals surface area contributed by atoms with Gasteiger partial charge < -0.3 is 16.0 Å². The van der Waals surface area contributed by atoms with Crippen LogP contribution in [0.2, 0.25) is 0 Å². The lowest BCUT2D eigenvalue weighted by atomic mass is 10.1. The van der Waals surface area contributed by atoms with Crippen molar-refractivity contribution in [2.75, 3.05) is 6.54 Å². The third kappa shape index (κ3) is 2.26. The normalized spacial score (nSPS) is 23.6. The maximum Gasteiger partial charge on any atom is 0.313 e. The van der Waals surface area contributed by atoms with Gasteiger partial charge in [0.25, 0.3) is 0 Å². The number of hydrogen-bond donors (Lipinski definition) is 2. The molecule has 1 saturated carbocycles. The van der Waals surface area contributed by atoms with Crippen LogP contribution in [0.5, 0.6) is 0 Å². The number of urea groups is 1. The van der Waals surface area contributed by atoms with Gasteiger partial charge in [-0.05, 0) is 32.6 Å². The number of aryl methyl sites for hydroxylation is 1. The molecule has 1 atom stereocenters. The molecule has 7 heteroatoms. The highest BCUT2D eigenvalue weighted by Crippen LogP contribution is 2.42. The van der Waals surface area contributed by atoms with E-state index in [2.05, 4.69) is 10.3 Å². The van der Waals surface area contributed by atoms with Crippen molar-refractivity contribution in [2.24, 2.45) is 5.73 Å². The molecule has 108 valence electrons. The fourth-order valence-corrected chi connectivity index (χ4v) is 3.54. The predicted molar refractivity (Wildman–Crippen MR) is 75.2 cm³/mol. The lowest BCUT2D eigenvalue weighted by Gasteiger charge is -2.28. The molecule has 2 heterocycles. The van der Waals surface area contributed by atoms with Crippen molar-refractivity contribution in [2.45, 2.75) is 44.2 Å². The number of aromatic nitrogens is 1. The SMILES string of the molecule is Cc1nc([C@H]2CCCN2C(=O)C2(NC(N)=O)CC2)cs1. The Labute approximate surface area is 121 Å². The molecule has 0 bridgehead atoms. The second-order valence-electron chi connectivity index (χ2n) is 5.52. The number of primary amides is 1. The second kappa shape index (κ2) is 4.73. The van der Waals surface area contributed by atoms with Gasteiger partial charge in [0, 0.05) is 11.9 Å². The van der Waals surface area contributed by atoms with Crippen molar-refractivity contribution < 1.29 is 9.59 Å². The summed E-state index contributed by atoms with van der Waals surface area (Å²) >= 11 is 1.60. The number of likely N-dealkylation sites (tertiary alicyclic amines) is 1. The zero-order valence-corrected chi connectivity index (χ0v) is 12.2. The van der Waals surface area contributed by atoms with Crippen LogP contribution in [0.1, 0.15) is 42.4 Å². The van der Waals surface area contributed by atoms with Gasteiger partial charge in [-0.25, -0.2) is 9.78 Å². The number of carbonyl (C=O) groups is 2. The first kappa shape index (κ1) is 13.4. The van der Waals surface area contributed by atoms with Crippen LogP contribution in [0.15, 0.2) is 5.38 Å². The van der Waals surface area contributed by atoms with Crippen LogP contribution >= 0.6 is 11.3 Å². The molecule has 1 aromatic rings. The first-order valence-electron chi connectivity index (χ1n) is 6.82. The minimum Gasteiger partial charge on any atom is -0.352 e. The molecule has 0 unspecified atom stereocenters. The van der Waals surface area contributed by atoms with Crippen LogP contribution < -0.4 is 11.1 Å². The number of hydrogen-bond acceptors (Lipinski definition) is 4. The van der Waals surface area contributed by atoms with E-state index < -0.39 is 11.6 Å². The average molecular weight is 294 g/mol. The van der Waals surface area contributed by atoms with Gasteiger partial charge in [0.2, 0.25) is 5.91 Å². The van der Waals surface area contributed by atoms with Gasteiger partial charge in [0.1, 0.15) is 5.54 Å². The van der Waals surface area contributed by atoms with Gasteiger partial charge >= 0.3 is 6.03 Å². The van der Waals surface area contributed by atoms with Crippen LogP contribution in [0.3, 0.4) is 0 Å². The number of nitrogens with zero attached hydrogens (tertiary/aromatic N) is 2. The van der Waals surface area contributed by atoms with Crippen LogP contribution in [0, 0.1) is 6.92 Å². The monoisotopic (exact) mass is 294 g/mol. The number of thiazole rings is 1. The summed E-state index contributed by atoms with van der Waals surface area (Å²) in [5.74, 6) is -0.00977. The van der Waals surface area contributed by atoms with Gasteiger partial charge in [-0.1, -0.05) is 0 Å². The van der Waals surface area contributed by atoms with Crippen molar-refractivity contribution in [1.29, 1.82) is 0 Å². The van der Waals surface area contributed by atoms with E-state index >= 15 is 0 Å². The molecule has 3 rings (SSSR count). The van der Waals surface area contributed by atoms with E-state index in [1.54, 1.807) is 11.3 Å². The summed E-state index contributed by atoms with van der Waals surface area (Å²) in [4.78, 5) is 30.1. The summed E-state index contributed by atoms with van der Waals surface area (Å²) in [6.45, 7) is 2.69. The highest BCUT2D eigenvalue weighted by Gasteiger charge is 2.54. The molecule has 20 heavy (non-hydrogen) atoms. The molecule has 3 N–H and O–H groups in total. The summed E-state index contributed by atoms with van der Waals surface area (Å²) in [6, 6.07) is -0.587. The number of nitrogens with two attached hydrogens (primary N) is 1. The Bertz CT molecular complexity index is 552. The highest BCUT2D eigenvalue weighted by atomic mass is 32.1. The topological polar surface area (TPSA) is 88.3 Å². The Morgan fingerprint density at radius 1 is 1.55 bits per heavy atom. The summed E-state index contributed by atoms with van der Waals surface area (Å²) < 4.78 is 0. The molecule has 1 aliphatic carbocycles. The van der Waals surface area contributed by atoms with E-state index in [1.807, 2.05) is 17.2 Å². The average Bonchev–Trinajstić information content (AvgIpc) is 2.85. The summed E-state index contributed by atoms with van der Waals surface area (Å²) in [7, 11) is 0. The molecule has 6 nitrogen and oxygen atoms in total. The Morgan fingerprint density at radius 2 is 2.30 bits per heavy atom. The molecular formula is C13H18N4O2S. The maximum absolute atomic E-state index is 12.7. The number of carbonyl (C=O) groups excluding carboxylic acids is 2. The van der Waals surface area contributed by atoms with E-state index in [-0.39, 0.29) is 11.9 Å². The second-order valence-corrected chi connectivity index (χ2v) is 6.58. The number of rotatable bonds is 3. The van der Waals surface area contributed by atoms with Crippen molar-refractivity contribution in [3.8, 4) is 0 Å². The van der Waals surface area contributed by atoms with Gasteiger partial charge in [-0.15, -0.1) is 11.3 Å². The molecule has 0 radical (unpaired) electrons. The minimum absolute atomic E-state index is 0.00977. The van der Waals surface area contributed by atoms with Gasteiger partial charge in [-0.3, -0.25) is 4.79 Å². The van der Waals surface area contributed by atoms with Crippen LogP contribution in [-0.4, -0.2) is 33.9 Å². The Kier molecular flexibility index (Phi) is 3.16. The van der Waals surface area contributed by atoms with Gasteiger partial charge in [-0.2, -0.15) is 0 Å². The fourth-order valence-electron chi connectivity index (χ4n) is 2.88. The molecule has 1 saturated heterocycles. The quantitative estimate of drug-likeness (QED) is 0.881. The largest absolute Gasteiger partial charge is 0.352 e. The Balaban J connectivity index is 1.79. The van der Waals surface area contributed by atoms with E-state index in [9.17, 15) is 9.59 Å². The molecule has 3 amide bonds. The number of nitrogens with one attached hydrogen (secondary N) is 1. The maximum atomic E-state index is 12.7. The Hall–Kier alpha value is -1.63. The predicted octanol–water partition coefficient (Wildman–Crippen LogP) is 1.32. The van der Waals surface area contributed by atoms with Crippen molar-refractivity contribution in [1.82, 2.24) is 15.2 Å². The van der Waals surface area contributed by atoms with Gasteiger partial charge in [0.15, 0.2) is 0 Å². The van der Waals surface area contributed by atoms with Gasteiger partial charge in [0.05, 0.1) is 16.7 Å². The van der Waals surface area contributed by atoms with Crippen molar-refractivity contribution >= 4 is 23.3 Å². The fraction of sp³-hybridized carbons (Fsp3) is 0.615. The third-order valence-electron chi connectivity index (χ3n) is 4.01. The molecule has 1 aliphatic heterocycles. The molecule has 1 aromatic heterocycles. The minimum atomic E-state index is -0.751. The zero-order valence-electron chi connectivity index (χ0n) is 11.4. The van der Waals surface area contributed by atoms with E-state index in [4.69, 9.17) is 5.73 Å². The molecule has 0 aromatic carbocycles. The van der Waals surface area contributed by atoms with Crippen molar-refractivity contribution in [3.05, 3.63) is 16.1 Å². The Morgan fingerprint density at radius 3 is 2.85 bits per heavy atom. The lowest BCUT2D eigenvalue weighted by molar-refractivity contribution is -0.135. The smallest absolute Gasteiger partial charge is 0.313 e. The lowest BCUT2D eigenvalue weighted by Crippen LogP contribution is -2.52. The standard InChI is InChI=1S/C13H18N4O2S/c1-8-15-9(7-20-8)10-3-2-6-17(10)11(18)13(4-5-13)16-12(14)19/h7,10H,2-6H2,1H3,(H3,14,16,19)/t10-/m1/s1. The summed E-state index contributed by atoms with van der Waals surface area (Å²) in [5, 5.41) is 5.64. The molecule has 2 aliphatic rings. The first-order chi connectivity index (χ1) is 9.52. The zero-order chi connectivity index (χ0) is 14.3. The summed E-state index contributed by atoms with van der Waals surface area (Å²) in [6.07, 6.45) is 3.25. The van der Waals surface area contributed by atoms with E-state index in [0.717, 1.165) is 30.1 Å². The summed E-state index contributed by atoms with van der Waals surface area (Å²) in [5.41, 5.74) is 5.39. The van der Waals surface area contributed by atoms with Crippen molar-refractivity contribution in [3.63, 3.8) is 0 Å². The van der Waals surface area contributed by atoms with E-state index in [1.165, 1.54) is 0 Å². The molecule has 2 fully saturated rings.